The van der Waals surface area contributed by atoms with Crippen molar-refractivity contribution >= 4 is 34.9 Å². The predicted molar refractivity (Wildman–Crippen MR) is 99.6 cm³/mol. The summed E-state index contributed by atoms with van der Waals surface area (Å²) in [7, 11) is 0. The number of ether oxygens (including phenoxy) is 1. The lowest BCUT2D eigenvalue weighted by molar-refractivity contribution is -0.138. The first-order chi connectivity index (χ1) is 12.0. The second-order valence-electron chi connectivity index (χ2n) is 5.84. The molecule has 2 aromatic rings. The number of hydrogen-bond acceptors (Lipinski definition) is 4. The first kappa shape index (κ1) is 17.8. The number of amides is 1. The van der Waals surface area contributed by atoms with E-state index < -0.39 is 6.10 Å². The number of rotatable bonds is 4. The summed E-state index contributed by atoms with van der Waals surface area (Å²) in [4.78, 5) is 21.0. The van der Waals surface area contributed by atoms with Crippen LogP contribution in [0.2, 0.25) is 10.0 Å². The van der Waals surface area contributed by atoms with E-state index >= 15 is 0 Å². The Kier molecular flexibility index (Phi) is 5.66. The van der Waals surface area contributed by atoms with Crippen LogP contribution in [0.25, 0.3) is 0 Å². The van der Waals surface area contributed by atoms with Crippen molar-refractivity contribution in [1.29, 1.82) is 0 Å². The monoisotopic (exact) mass is 379 g/mol. The van der Waals surface area contributed by atoms with Crippen molar-refractivity contribution < 1.29 is 9.53 Å². The number of carbonyl (C=O) groups is 1. The van der Waals surface area contributed by atoms with Crippen LogP contribution < -0.4 is 9.64 Å². The SMILES string of the molecule is C[C@H](Oc1cc(Cl)ccc1Cl)C(=O)N1CCN(c2ccccn2)CC1. The average molecular weight is 380 g/mol. The maximum atomic E-state index is 12.6. The summed E-state index contributed by atoms with van der Waals surface area (Å²) in [6.45, 7) is 4.48. The highest BCUT2D eigenvalue weighted by molar-refractivity contribution is 6.34. The van der Waals surface area contributed by atoms with Gasteiger partial charge in [-0.3, -0.25) is 4.79 Å². The van der Waals surface area contributed by atoms with E-state index in [-0.39, 0.29) is 5.91 Å². The molecule has 25 heavy (non-hydrogen) atoms. The van der Waals surface area contributed by atoms with E-state index in [0.29, 0.717) is 28.9 Å². The molecule has 0 bridgehead atoms. The number of pyridine rings is 1. The molecule has 0 spiro atoms. The summed E-state index contributed by atoms with van der Waals surface area (Å²) < 4.78 is 5.72. The first-order valence-electron chi connectivity index (χ1n) is 8.11. The third-order valence-electron chi connectivity index (χ3n) is 4.11. The molecule has 5 nitrogen and oxygen atoms in total. The minimum atomic E-state index is -0.627. The molecule has 0 radical (unpaired) electrons. The third kappa shape index (κ3) is 4.35. The second kappa shape index (κ2) is 7.93. The number of anilines is 1. The molecule has 0 saturated carbocycles. The topological polar surface area (TPSA) is 45.7 Å². The molecular weight excluding hydrogens is 361 g/mol. The van der Waals surface area contributed by atoms with Gasteiger partial charge in [-0.15, -0.1) is 0 Å². The molecule has 3 rings (SSSR count). The van der Waals surface area contributed by atoms with E-state index in [2.05, 4.69) is 9.88 Å². The Labute approximate surface area is 157 Å². The molecule has 1 aromatic carbocycles. The summed E-state index contributed by atoms with van der Waals surface area (Å²) in [6.07, 6.45) is 1.15. The molecule has 2 heterocycles. The quantitative estimate of drug-likeness (QED) is 0.815. The Balaban J connectivity index is 1.57. The van der Waals surface area contributed by atoms with Crippen LogP contribution in [0.3, 0.4) is 0 Å². The van der Waals surface area contributed by atoms with Crippen LogP contribution >= 0.6 is 23.2 Å². The molecule has 0 aliphatic carbocycles. The average Bonchev–Trinajstić information content (AvgIpc) is 2.65. The van der Waals surface area contributed by atoms with Crippen LogP contribution in [0.5, 0.6) is 5.75 Å². The maximum Gasteiger partial charge on any atom is 0.263 e. The molecule has 0 unspecified atom stereocenters. The normalized spacial score (nSPS) is 15.8. The van der Waals surface area contributed by atoms with Crippen molar-refractivity contribution in [3.63, 3.8) is 0 Å². The molecule has 1 amide bonds. The van der Waals surface area contributed by atoms with Gasteiger partial charge in [0.05, 0.1) is 5.02 Å². The number of hydrogen-bond donors (Lipinski definition) is 0. The van der Waals surface area contributed by atoms with Gasteiger partial charge in [0.2, 0.25) is 0 Å². The van der Waals surface area contributed by atoms with Crippen molar-refractivity contribution in [2.24, 2.45) is 0 Å². The van der Waals surface area contributed by atoms with Gasteiger partial charge in [0.25, 0.3) is 5.91 Å². The lowest BCUT2D eigenvalue weighted by atomic mass is 10.2. The largest absolute Gasteiger partial charge is 0.479 e. The van der Waals surface area contributed by atoms with Crippen molar-refractivity contribution in [3.05, 3.63) is 52.6 Å². The molecule has 132 valence electrons. The first-order valence-corrected chi connectivity index (χ1v) is 8.86. The van der Waals surface area contributed by atoms with Crippen LogP contribution in [-0.2, 0) is 4.79 Å². The standard InChI is InChI=1S/C18H19Cl2N3O2/c1-13(25-16-12-14(19)5-6-15(16)20)18(24)23-10-8-22(9-11-23)17-4-2-3-7-21-17/h2-7,12-13H,8-11H2,1H3/t13-/m0/s1. The summed E-state index contributed by atoms with van der Waals surface area (Å²) in [5.74, 6) is 1.29. The van der Waals surface area contributed by atoms with Crippen molar-refractivity contribution in [1.82, 2.24) is 9.88 Å². The van der Waals surface area contributed by atoms with E-state index in [1.807, 2.05) is 23.1 Å². The zero-order valence-electron chi connectivity index (χ0n) is 13.9. The van der Waals surface area contributed by atoms with Crippen molar-refractivity contribution in [2.75, 3.05) is 31.1 Å². The van der Waals surface area contributed by atoms with Crippen LogP contribution in [0.15, 0.2) is 42.6 Å². The molecule has 1 aliphatic rings. The smallest absolute Gasteiger partial charge is 0.263 e. The maximum absolute atomic E-state index is 12.6. The highest BCUT2D eigenvalue weighted by atomic mass is 35.5. The van der Waals surface area contributed by atoms with E-state index in [1.165, 1.54) is 0 Å². The van der Waals surface area contributed by atoms with Gasteiger partial charge < -0.3 is 14.5 Å². The van der Waals surface area contributed by atoms with Gasteiger partial charge in [-0.2, -0.15) is 0 Å². The van der Waals surface area contributed by atoms with E-state index in [1.54, 1.807) is 31.3 Å². The highest BCUT2D eigenvalue weighted by Crippen LogP contribution is 2.28. The van der Waals surface area contributed by atoms with Gasteiger partial charge in [0.1, 0.15) is 11.6 Å². The van der Waals surface area contributed by atoms with Crippen LogP contribution in [0.1, 0.15) is 6.92 Å². The van der Waals surface area contributed by atoms with E-state index in [0.717, 1.165) is 18.9 Å². The van der Waals surface area contributed by atoms with Crippen LogP contribution in [0, 0.1) is 0 Å². The van der Waals surface area contributed by atoms with Gasteiger partial charge in [-0.05, 0) is 31.2 Å². The van der Waals surface area contributed by atoms with E-state index in [9.17, 15) is 4.79 Å². The van der Waals surface area contributed by atoms with Gasteiger partial charge in [0.15, 0.2) is 6.10 Å². The molecule has 1 aromatic heterocycles. The van der Waals surface area contributed by atoms with E-state index in [4.69, 9.17) is 27.9 Å². The van der Waals surface area contributed by atoms with Crippen LogP contribution in [-0.4, -0.2) is 48.1 Å². The molecule has 1 aliphatic heterocycles. The third-order valence-corrected chi connectivity index (χ3v) is 4.66. The van der Waals surface area contributed by atoms with Gasteiger partial charge in [-0.25, -0.2) is 4.98 Å². The summed E-state index contributed by atoms with van der Waals surface area (Å²) in [5.41, 5.74) is 0. The summed E-state index contributed by atoms with van der Waals surface area (Å²) in [5, 5.41) is 0.951. The number of piperazine rings is 1. The number of nitrogens with zero attached hydrogens (tertiary/aromatic N) is 3. The second-order valence-corrected chi connectivity index (χ2v) is 6.68. The Hall–Kier alpha value is -1.98. The lowest BCUT2D eigenvalue weighted by Gasteiger charge is -2.36. The summed E-state index contributed by atoms with van der Waals surface area (Å²) in [6, 6.07) is 10.8. The van der Waals surface area contributed by atoms with Crippen LogP contribution in [0.4, 0.5) is 5.82 Å². The minimum Gasteiger partial charge on any atom is -0.479 e. The predicted octanol–water partition coefficient (Wildman–Crippen LogP) is 3.50. The zero-order chi connectivity index (χ0) is 17.8. The van der Waals surface area contributed by atoms with Gasteiger partial charge in [0, 0.05) is 43.5 Å². The van der Waals surface area contributed by atoms with Crippen molar-refractivity contribution in [2.45, 2.75) is 13.0 Å². The fourth-order valence-electron chi connectivity index (χ4n) is 2.76. The lowest BCUT2D eigenvalue weighted by Crippen LogP contribution is -2.52. The number of aromatic nitrogens is 1. The van der Waals surface area contributed by atoms with Gasteiger partial charge >= 0.3 is 0 Å². The Bertz CT molecular complexity index is 734. The molecular formula is C18H19Cl2N3O2. The molecule has 7 heteroatoms. The molecule has 0 N–H and O–H groups in total. The summed E-state index contributed by atoms with van der Waals surface area (Å²) >= 11 is 12.1. The molecule has 1 fully saturated rings. The zero-order valence-corrected chi connectivity index (χ0v) is 15.4. The molecule has 1 atom stereocenters. The number of carbonyl (C=O) groups excluding carboxylic acids is 1. The Morgan fingerprint density at radius 3 is 2.60 bits per heavy atom. The fourth-order valence-corrected chi connectivity index (χ4v) is 3.09. The van der Waals surface area contributed by atoms with Crippen molar-refractivity contribution in [3.8, 4) is 5.75 Å². The highest BCUT2D eigenvalue weighted by Gasteiger charge is 2.26. The number of halogens is 2. The molecule has 1 saturated heterocycles. The Morgan fingerprint density at radius 2 is 1.92 bits per heavy atom. The Morgan fingerprint density at radius 1 is 1.16 bits per heavy atom. The minimum absolute atomic E-state index is 0.0586. The fraction of sp³-hybridized carbons (Fsp3) is 0.333. The number of benzene rings is 1. The van der Waals surface area contributed by atoms with Gasteiger partial charge in [-0.1, -0.05) is 29.3 Å².